The van der Waals surface area contributed by atoms with Gasteiger partial charge in [-0.25, -0.2) is 8.42 Å². The molecule has 2 saturated heterocycles. The minimum absolute atomic E-state index is 0.0555. The molecule has 2 aromatic carbocycles. The Hall–Kier alpha value is -3.22. The molecule has 2 fully saturated rings. The molecule has 3 heterocycles. The van der Waals surface area contributed by atoms with Gasteiger partial charge in [-0.15, -0.1) is 0 Å². The van der Waals surface area contributed by atoms with Crippen LogP contribution in [0, 0.1) is 5.92 Å². The van der Waals surface area contributed by atoms with E-state index in [-0.39, 0.29) is 43.7 Å². The summed E-state index contributed by atoms with van der Waals surface area (Å²) in [5.41, 5.74) is 3.86. The number of hydrogen-bond donors (Lipinski definition) is 2. The van der Waals surface area contributed by atoms with E-state index in [0.717, 1.165) is 27.6 Å². The molecule has 0 aliphatic carbocycles. The largest absolute Gasteiger partial charge is 0.511 e. The van der Waals surface area contributed by atoms with Crippen molar-refractivity contribution in [3.63, 3.8) is 0 Å². The number of alkyl halides is 3. The number of aromatic nitrogens is 1. The molecule has 208 valence electrons. The summed E-state index contributed by atoms with van der Waals surface area (Å²) in [6, 6.07) is 12.6. The molecule has 2 aliphatic rings. The van der Waals surface area contributed by atoms with Crippen molar-refractivity contribution in [3.05, 3.63) is 59.8 Å². The minimum atomic E-state index is -5.38. The molecule has 0 saturated carbocycles. The van der Waals surface area contributed by atoms with E-state index in [9.17, 15) is 31.2 Å². The summed E-state index contributed by atoms with van der Waals surface area (Å²) in [5.74, 6) is -0.293. The predicted octanol–water partition coefficient (Wildman–Crippen LogP) is 3.61. The van der Waals surface area contributed by atoms with E-state index in [1.165, 1.54) is 0 Å². The third-order valence-electron chi connectivity index (χ3n) is 7.70. The Morgan fingerprint density at radius 3 is 2.38 bits per heavy atom. The second-order valence-electron chi connectivity index (χ2n) is 10.1. The highest BCUT2D eigenvalue weighted by atomic mass is 32.2. The van der Waals surface area contributed by atoms with Crippen molar-refractivity contribution in [1.29, 1.82) is 0 Å². The van der Waals surface area contributed by atoms with Crippen LogP contribution in [0.4, 0.5) is 13.2 Å². The number of carbonyl (C=O) groups excluding carboxylic acids is 2. The normalized spacial score (nSPS) is 17.8. The maximum atomic E-state index is 13.1. The van der Waals surface area contributed by atoms with E-state index in [1.807, 2.05) is 35.0 Å². The number of hydrogen-bond acceptors (Lipinski definition) is 5. The van der Waals surface area contributed by atoms with Gasteiger partial charge in [0.05, 0.1) is 0 Å². The maximum Gasteiger partial charge on any atom is 0.511 e. The first kappa shape index (κ1) is 27.4. The summed E-state index contributed by atoms with van der Waals surface area (Å²) in [4.78, 5) is 24.2. The second-order valence-corrected chi connectivity index (χ2v) is 12.1. The van der Waals surface area contributed by atoms with E-state index in [1.54, 1.807) is 18.2 Å². The number of fused-ring (bicyclic) bond motifs is 1. The minimum Gasteiger partial charge on any atom is -0.366 e. The van der Waals surface area contributed by atoms with Crippen LogP contribution in [0.2, 0.25) is 0 Å². The highest BCUT2D eigenvalue weighted by Gasteiger charge is 2.50. The predicted molar refractivity (Wildman–Crippen MR) is 140 cm³/mol. The lowest BCUT2D eigenvalue weighted by Gasteiger charge is -2.32. The van der Waals surface area contributed by atoms with Crippen molar-refractivity contribution in [2.24, 2.45) is 11.7 Å². The standard InChI is InChI=1S/C27H29F3N4O4S/c28-27(29,30)39(37,38)33-10-8-21(9-11-33)34-16-23(18-2-1-3-19(13-18)26(31)36)22-6-4-17(12-24(22)34)5-7-25(35)20-14-32-15-20/h1-4,6,12-13,16,20-21,32H,5,7-11,14-15H2,(H2,31,36). The number of Topliss-reactive ketones (excluding diaryl/α,β-unsaturated/α-hetero) is 1. The summed E-state index contributed by atoms with van der Waals surface area (Å²) < 4.78 is 65.5. The average Bonchev–Trinajstić information content (AvgIpc) is 3.25. The van der Waals surface area contributed by atoms with Gasteiger partial charge >= 0.3 is 15.5 Å². The van der Waals surface area contributed by atoms with Crippen LogP contribution in [-0.4, -0.2) is 60.7 Å². The summed E-state index contributed by atoms with van der Waals surface area (Å²) in [6.45, 7) is 0.916. The van der Waals surface area contributed by atoms with Crippen molar-refractivity contribution < 1.29 is 31.2 Å². The zero-order valence-corrected chi connectivity index (χ0v) is 21.9. The van der Waals surface area contributed by atoms with Crippen LogP contribution in [-0.2, 0) is 21.2 Å². The fourth-order valence-corrected chi connectivity index (χ4v) is 6.30. The van der Waals surface area contributed by atoms with Gasteiger partial charge in [-0.1, -0.05) is 24.3 Å². The van der Waals surface area contributed by atoms with Crippen molar-refractivity contribution >= 4 is 32.6 Å². The zero-order valence-electron chi connectivity index (χ0n) is 21.1. The number of benzene rings is 2. The number of amides is 1. The number of ketones is 1. The van der Waals surface area contributed by atoms with Crippen molar-refractivity contribution in [1.82, 2.24) is 14.2 Å². The molecule has 12 heteroatoms. The molecular weight excluding hydrogens is 533 g/mol. The first-order chi connectivity index (χ1) is 18.5. The monoisotopic (exact) mass is 562 g/mol. The fraction of sp³-hybridized carbons (Fsp3) is 0.407. The van der Waals surface area contributed by atoms with Gasteiger partial charge in [-0.05, 0) is 48.6 Å². The van der Waals surface area contributed by atoms with Gasteiger partial charge in [0, 0.05) is 72.8 Å². The number of nitrogens with one attached hydrogen (secondary N) is 1. The molecule has 1 amide bonds. The number of piperidine rings is 1. The summed E-state index contributed by atoms with van der Waals surface area (Å²) in [7, 11) is -5.38. The van der Waals surface area contributed by atoms with Gasteiger partial charge in [0.15, 0.2) is 0 Å². The van der Waals surface area contributed by atoms with E-state index in [2.05, 4.69) is 5.32 Å². The average molecular weight is 563 g/mol. The first-order valence-electron chi connectivity index (χ1n) is 12.8. The molecule has 0 radical (unpaired) electrons. The lowest BCUT2D eigenvalue weighted by atomic mass is 9.93. The molecule has 0 atom stereocenters. The van der Waals surface area contributed by atoms with Gasteiger partial charge in [0.25, 0.3) is 0 Å². The molecule has 5 rings (SSSR count). The Morgan fingerprint density at radius 2 is 1.77 bits per heavy atom. The lowest BCUT2D eigenvalue weighted by Crippen LogP contribution is -2.46. The van der Waals surface area contributed by atoms with E-state index >= 15 is 0 Å². The van der Waals surface area contributed by atoms with Gasteiger partial charge in [0.1, 0.15) is 5.78 Å². The molecule has 3 aromatic rings. The van der Waals surface area contributed by atoms with E-state index in [4.69, 9.17) is 5.73 Å². The molecule has 39 heavy (non-hydrogen) atoms. The smallest absolute Gasteiger partial charge is 0.366 e. The molecule has 0 spiro atoms. The summed E-state index contributed by atoms with van der Waals surface area (Å²) in [6.07, 6.45) is 3.29. The Balaban J connectivity index is 1.48. The highest BCUT2D eigenvalue weighted by Crippen LogP contribution is 2.38. The van der Waals surface area contributed by atoms with Crippen LogP contribution < -0.4 is 11.1 Å². The zero-order chi connectivity index (χ0) is 27.9. The molecular formula is C27H29F3N4O4S. The van der Waals surface area contributed by atoms with Gasteiger partial charge in [-0.2, -0.15) is 17.5 Å². The van der Waals surface area contributed by atoms with E-state index in [0.29, 0.717) is 35.8 Å². The molecule has 1 aromatic heterocycles. The maximum absolute atomic E-state index is 13.1. The van der Waals surface area contributed by atoms with Crippen molar-refractivity contribution in [3.8, 4) is 11.1 Å². The number of nitrogens with two attached hydrogens (primary N) is 1. The number of aryl methyl sites for hydroxylation is 1. The Bertz CT molecular complexity index is 1520. The van der Waals surface area contributed by atoms with Crippen molar-refractivity contribution in [2.75, 3.05) is 26.2 Å². The van der Waals surface area contributed by atoms with Gasteiger partial charge < -0.3 is 15.6 Å². The highest BCUT2D eigenvalue weighted by molar-refractivity contribution is 7.90. The van der Waals surface area contributed by atoms with Crippen LogP contribution in [0.15, 0.2) is 48.7 Å². The van der Waals surface area contributed by atoms with Crippen molar-refractivity contribution in [2.45, 2.75) is 37.2 Å². The second kappa shape index (κ2) is 10.4. The van der Waals surface area contributed by atoms with E-state index < -0.39 is 21.4 Å². The number of nitrogens with zero attached hydrogens (tertiary/aromatic N) is 2. The fourth-order valence-electron chi connectivity index (χ4n) is 5.32. The SMILES string of the molecule is NC(=O)c1cccc(-c2cn(C3CCN(S(=O)(=O)C(F)(F)F)CC3)c3cc(CCC(=O)C4CNC4)ccc23)c1. The summed E-state index contributed by atoms with van der Waals surface area (Å²) in [5, 5.41) is 3.98. The lowest BCUT2D eigenvalue weighted by molar-refractivity contribution is -0.124. The Kier molecular flexibility index (Phi) is 7.29. The number of halogens is 3. The molecule has 2 aliphatic heterocycles. The summed E-state index contributed by atoms with van der Waals surface area (Å²) >= 11 is 0. The van der Waals surface area contributed by atoms with Crippen LogP contribution in [0.25, 0.3) is 22.0 Å². The Morgan fingerprint density at radius 1 is 1.05 bits per heavy atom. The number of sulfonamides is 1. The van der Waals surface area contributed by atoms with Crippen LogP contribution in [0.5, 0.6) is 0 Å². The third kappa shape index (κ3) is 5.32. The molecule has 0 bridgehead atoms. The van der Waals surface area contributed by atoms with Crippen LogP contribution in [0.3, 0.4) is 0 Å². The molecule has 0 unspecified atom stereocenters. The topological polar surface area (TPSA) is 114 Å². The number of primary amides is 1. The number of carbonyl (C=O) groups is 2. The molecule has 8 nitrogen and oxygen atoms in total. The van der Waals surface area contributed by atoms with Crippen LogP contribution in [0.1, 0.15) is 41.2 Å². The number of rotatable bonds is 8. The Labute approximate surface area is 224 Å². The quantitative estimate of drug-likeness (QED) is 0.435. The van der Waals surface area contributed by atoms with Gasteiger partial charge in [0.2, 0.25) is 5.91 Å². The van der Waals surface area contributed by atoms with Gasteiger partial charge in [-0.3, -0.25) is 9.59 Å². The third-order valence-corrected chi connectivity index (χ3v) is 9.33. The first-order valence-corrected chi connectivity index (χ1v) is 14.2. The van der Waals surface area contributed by atoms with Crippen LogP contribution >= 0.6 is 0 Å². The molecule has 3 N–H and O–H groups in total.